The summed E-state index contributed by atoms with van der Waals surface area (Å²) in [6.45, 7) is 5.13. The fraction of sp³-hybridized carbons (Fsp3) is 0.320. The highest BCUT2D eigenvalue weighted by atomic mass is 16.5. The van der Waals surface area contributed by atoms with Crippen molar-refractivity contribution in [3.63, 3.8) is 0 Å². The summed E-state index contributed by atoms with van der Waals surface area (Å²) in [6.07, 6.45) is 1.89. The molecule has 0 spiro atoms. The van der Waals surface area contributed by atoms with Crippen molar-refractivity contribution < 1.29 is 13.9 Å². The van der Waals surface area contributed by atoms with Crippen molar-refractivity contribution >= 4 is 28.4 Å². The van der Waals surface area contributed by atoms with Crippen LogP contribution in [0.25, 0.3) is 11.0 Å². The maximum absolute atomic E-state index is 12.8. The molecule has 0 fully saturated rings. The number of carbonyl (C=O) groups is 1. The Morgan fingerprint density at radius 3 is 2.88 bits per heavy atom. The van der Waals surface area contributed by atoms with Crippen molar-refractivity contribution in [2.24, 2.45) is 4.99 Å². The molecule has 7 nitrogen and oxygen atoms in total. The Morgan fingerprint density at radius 1 is 1.22 bits per heavy atom. The third kappa shape index (κ3) is 3.64. The predicted octanol–water partition coefficient (Wildman–Crippen LogP) is 3.35. The first-order valence-electron chi connectivity index (χ1n) is 11.0. The van der Waals surface area contributed by atoms with Gasteiger partial charge in [-0.3, -0.25) is 9.79 Å². The van der Waals surface area contributed by atoms with Crippen LogP contribution in [0.5, 0.6) is 5.75 Å². The zero-order valence-corrected chi connectivity index (χ0v) is 18.2. The van der Waals surface area contributed by atoms with Crippen molar-refractivity contribution in [3.8, 4) is 5.75 Å². The van der Waals surface area contributed by atoms with Gasteiger partial charge in [0.2, 0.25) is 0 Å². The molecular formula is C25H25N3O4. The second kappa shape index (κ2) is 8.15. The first-order chi connectivity index (χ1) is 15.5. The monoisotopic (exact) mass is 431 g/mol. The molecule has 0 saturated carbocycles. The summed E-state index contributed by atoms with van der Waals surface area (Å²) in [5.41, 5.74) is 4.48. The summed E-state index contributed by atoms with van der Waals surface area (Å²) >= 11 is 0. The molecule has 1 unspecified atom stereocenters. The number of rotatable bonds is 5. The van der Waals surface area contributed by atoms with Crippen molar-refractivity contribution in [3.05, 3.63) is 69.1 Å². The van der Waals surface area contributed by atoms with Crippen LogP contribution in [0.15, 0.2) is 50.6 Å². The van der Waals surface area contributed by atoms with E-state index < -0.39 is 6.10 Å². The van der Waals surface area contributed by atoms with Crippen LogP contribution in [0.1, 0.15) is 35.6 Å². The maximum atomic E-state index is 12.8. The topological polar surface area (TPSA) is 92.9 Å². The number of anilines is 1. The fourth-order valence-electron chi connectivity index (χ4n) is 4.41. The number of aliphatic imine (C=N–C) groups is 1. The third-order valence-electron chi connectivity index (χ3n) is 6.09. The zero-order chi connectivity index (χ0) is 22.2. The average Bonchev–Trinajstić information content (AvgIpc) is 3.49. The smallest absolute Gasteiger partial charge is 0.339 e. The van der Waals surface area contributed by atoms with Gasteiger partial charge in [0.05, 0.1) is 6.54 Å². The molecule has 5 rings (SSSR count). The molecule has 164 valence electrons. The summed E-state index contributed by atoms with van der Waals surface area (Å²) in [4.78, 5) is 29.6. The third-order valence-corrected chi connectivity index (χ3v) is 6.09. The minimum Gasteiger partial charge on any atom is -0.480 e. The van der Waals surface area contributed by atoms with E-state index in [9.17, 15) is 9.59 Å². The zero-order valence-electron chi connectivity index (χ0n) is 18.2. The summed E-state index contributed by atoms with van der Waals surface area (Å²) in [5, 5.41) is 7.09. The van der Waals surface area contributed by atoms with Crippen LogP contribution in [-0.2, 0) is 17.6 Å². The van der Waals surface area contributed by atoms with E-state index in [-0.39, 0.29) is 11.5 Å². The van der Waals surface area contributed by atoms with E-state index in [1.54, 1.807) is 6.92 Å². The van der Waals surface area contributed by atoms with E-state index in [4.69, 9.17) is 9.15 Å². The van der Waals surface area contributed by atoms with Crippen molar-refractivity contribution in [1.82, 2.24) is 5.32 Å². The van der Waals surface area contributed by atoms with Crippen LogP contribution in [0.2, 0.25) is 0 Å². The molecule has 0 bridgehead atoms. The van der Waals surface area contributed by atoms with Gasteiger partial charge in [-0.25, -0.2) is 4.79 Å². The predicted molar refractivity (Wildman–Crippen MR) is 124 cm³/mol. The number of benzene rings is 2. The van der Waals surface area contributed by atoms with Gasteiger partial charge in [-0.2, -0.15) is 0 Å². The fourth-order valence-corrected chi connectivity index (χ4v) is 4.41. The number of amidine groups is 1. The lowest BCUT2D eigenvalue weighted by atomic mass is 10.0. The normalized spacial score (nSPS) is 15.8. The van der Waals surface area contributed by atoms with Crippen LogP contribution < -0.4 is 21.0 Å². The number of amides is 1. The molecule has 7 heteroatoms. The molecule has 1 aliphatic carbocycles. The van der Waals surface area contributed by atoms with Gasteiger partial charge < -0.3 is 19.8 Å². The molecule has 2 aliphatic rings. The molecular weight excluding hydrogens is 406 g/mol. The minimum atomic E-state index is -0.738. The van der Waals surface area contributed by atoms with Crippen molar-refractivity contribution in [2.75, 3.05) is 18.4 Å². The first-order valence-corrected chi connectivity index (χ1v) is 11.0. The highest BCUT2D eigenvalue weighted by Gasteiger charge is 2.23. The molecule has 2 N–H and O–H groups in total. The summed E-state index contributed by atoms with van der Waals surface area (Å²) in [7, 11) is 0. The summed E-state index contributed by atoms with van der Waals surface area (Å²) in [5.74, 6) is 1.10. The van der Waals surface area contributed by atoms with Crippen LogP contribution >= 0.6 is 0 Å². The number of hydrogen-bond acceptors (Lipinski definition) is 6. The second-order valence-electron chi connectivity index (χ2n) is 8.25. The van der Waals surface area contributed by atoms with Gasteiger partial charge in [0.25, 0.3) is 5.91 Å². The van der Waals surface area contributed by atoms with Crippen molar-refractivity contribution in [2.45, 2.75) is 39.2 Å². The molecule has 3 aromatic rings. The highest BCUT2D eigenvalue weighted by Crippen LogP contribution is 2.33. The SMILES string of the molecule is Cc1c(OC(C)C(=O)Nc2cccc(C3=NCCN3)c2)ccc2c3c(c(=O)oc12)CCC3. The maximum Gasteiger partial charge on any atom is 0.339 e. The van der Waals surface area contributed by atoms with E-state index in [2.05, 4.69) is 15.6 Å². The lowest BCUT2D eigenvalue weighted by Gasteiger charge is -2.17. The van der Waals surface area contributed by atoms with Gasteiger partial charge in [-0.15, -0.1) is 0 Å². The van der Waals surface area contributed by atoms with Crippen LogP contribution in [0, 0.1) is 6.92 Å². The van der Waals surface area contributed by atoms with Gasteiger partial charge in [0.15, 0.2) is 6.10 Å². The van der Waals surface area contributed by atoms with Crippen molar-refractivity contribution in [1.29, 1.82) is 0 Å². The average molecular weight is 431 g/mol. The summed E-state index contributed by atoms with van der Waals surface area (Å²) < 4.78 is 11.6. The number of carbonyl (C=O) groups excluding carboxylic acids is 1. The lowest BCUT2D eigenvalue weighted by molar-refractivity contribution is -0.122. The largest absolute Gasteiger partial charge is 0.480 e. The van der Waals surface area contributed by atoms with E-state index in [0.29, 0.717) is 17.0 Å². The number of hydrogen-bond donors (Lipinski definition) is 2. The van der Waals surface area contributed by atoms with Gasteiger partial charge in [-0.05, 0) is 62.9 Å². The molecule has 1 amide bonds. The first kappa shape index (κ1) is 20.3. The molecule has 0 saturated heterocycles. The van der Waals surface area contributed by atoms with Crippen LogP contribution in [0.3, 0.4) is 0 Å². The van der Waals surface area contributed by atoms with E-state index >= 15 is 0 Å². The Hall–Kier alpha value is -3.61. The second-order valence-corrected chi connectivity index (χ2v) is 8.25. The Kier molecular flexibility index (Phi) is 5.17. The minimum absolute atomic E-state index is 0.265. The number of fused-ring (bicyclic) bond motifs is 3. The molecule has 1 aliphatic heterocycles. The number of nitrogens with one attached hydrogen (secondary N) is 2. The molecule has 1 atom stereocenters. The quantitative estimate of drug-likeness (QED) is 0.605. The molecule has 1 aromatic heterocycles. The lowest BCUT2D eigenvalue weighted by Crippen LogP contribution is -2.30. The molecule has 2 heterocycles. The number of aryl methyl sites for hydroxylation is 2. The highest BCUT2D eigenvalue weighted by molar-refractivity contribution is 6.01. The Morgan fingerprint density at radius 2 is 2.06 bits per heavy atom. The Balaban J connectivity index is 1.35. The van der Waals surface area contributed by atoms with Gasteiger partial charge in [0.1, 0.15) is 17.2 Å². The molecule has 0 radical (unpaired) electrons. The van der Waals surface area contributed by atoms with Gasteiger partial charge in [0, 0.05) is 34.3 Å². The van der Waals surface area contributed by atoms with E-state index in [1.165, 1.54) is 0 Å². The number of ether oxygens (including phenoxy) is 1. The van der Waals surface area contributed by atoms with Gasteiger partial charge in [-0.1, -0.05) is 12.1 Å². The Bertz CT molecular complexity index is 1310. The number of nitrogens with zero attached hydrogens (tertiary/aromatic N) is 1. The van der Waals surface area contributed by atoms with Crippen LogP contribution in [-0.4, -0.2) is 30.9 Å². The van der Waals surface area contributed by atoms with Gasteiger partial charge >= 0.3 is 5.63 Å². The van der Waals surface area contributed by atoms with Crippen LogP contribution in [0.4, 0.5) is 5.69 Å². The van der Waals surface area contributed by atoms with E-state index in [0.717, 1.165) is 65.8 Å². The molecule has 2 aromatic carbocycles. The van der Waals surface area contributed by atoms with E-state index in [1.807, 2.05) is 43.3 Å². The standard InChI is InChI=1S/C25H25N3O4/c1-14-21(10-9-19-18-7-4-8-20(18)25(30)32-22(14)19)31-15(2)24(29)28-17-6-3-5-16(13-17)23-26-11-12-27-23/h3,5-6,9-10,13,15H,4,7-8,11-12H2,1-2H3,(H,26,27)(H,28,29). The summed E-state index contributed by atoms with van der Waals surface area (Å²) in [6, 6.07) is 11.3. The Labute approximate surface area is 185 Å². The molecule has 32 heavy (non-hydrogen) atoms.